The first-order chi connectivity index (χ1) is 19.9. The summed E-state index contributed by atoms with van der Waals surface area (Å²) in [6, 6.07) is 12.8. The summed E-state index contributed by atoms with van der Waals surface area (Å²) in [4.78, 5) is 39.0. The van der Waals surface area contributed by atoms with Crippen molar-refractivity contribution in [1.29, 1.82) is 0 Å². The number of aryl methyl sites for hydroxylation is 1. The van der Waals surface area contributed by atoms with E-state index in [2.05, 4.69) is 16.0 Å². The number of nitrogens with two attached hydrogens (primary N) is 3. The van der Waals surface area contributed by atoms with Crippen molar-refractivity contribution in [2.45, 2.75) is 94.6 Å². The third-order valence-corrected chi connectivity index (χ3v) is 8.00. The van der Waals surface area contributed by atoms with Gasteiger partial charge >= 0.3 is 7.12 Å². The van der Waals surface area contributed by atoms with Crippen molar-refractivity contribution in [2.24, 2.45) is 17.2 Å². The third kappa shape index (κ3) is 8.39. The Kier molecular flexibility index (Phi) is 10.4. The van der Waals surface area contributed by atoms with Crippen LogP contribution in [0.15, 0.2) is 48.5 Å². The molecule has 1 aliphatic carbocycles. The molecule has 3 amide bonds. The van der Waals surface area contributed by atoms with Gasteiger partial charge in [0, 0.05) is 30.2 Å². The Bertz CT molecular complexity index is 1250. The molecule has 0 saturated heterocycles. The first-order valence-corrected chi connectivity index (χ1v) is 14.6. The van der Waals surface area contributed by atoms with E-state index in [1.54, 1.807) is 12.1 Å². The van der Waals surface area contributed by atoms with Gasteiger partial charge in [-0.05, 0) is 81.1 Å². The number of hydrogen-bond donors (Lipinski definition) is 7. The molecule has 1 unspecified atom stereocenters. The molecular formula is C30H43BN6O5. The van der Waals surface area contributed by atoms with Gasteiger partial charge in [0.15, 0.2) is 0 Å². The topological polar surface area (TPSA) is 195 Å². The SMILES string of the molecule is CC1(C)OB(O)c2cc(NC(=O)[C@@H](CCc3ccccc3)NC(=O)[C@@H](N)CCC(=O)NC3C[C@@H](N)C[C@@H](N)C3)ccc21. The summed E-state index contributed by atoms with van der Waals surface area (Å²) in [6.45, 7) is 3.73. The first kappa shape index (κ1) is 31.6. The molecule has 0 spiro atoms. The molecule has 1 fully saturated rings. The van der Waals surface area contributed by atoms with Crippen molar-refractivity contribution < 1.29 is 24.1 Å². The zero-order valence-corrected chi connectivity index (χ0v) is 24.3. The van der Waals surface area contributed by atoms with E-state index in [4.69, 9.17) is 21.9 Å². The van der Waals surface area contributed by atoms with Gasteiger partial charge in [-0.2, -0.15) is 0 Å². The molecule has 2 aromatic carbocycles. The largest absolute Gasteiger partial charge is 0.492 e. The van der Waals surface area contributed by atoms with E-state index in [-0.39, 0.29) is 36.9 Å². The number of carbonyl (C=O) groups is 3. The lowest BCUT2D eigenvalue weighted by molar-refractivity contribution is -0.128. The molecule has 1 saturated carbocycles. The maximum absolute atomic E-state index is 13.4. The molecule has 4 rings (SSSR count). The predicted octanol–water partition coefficient (Wildman–Crippen LogP) is 0.126. The molecular weight excluding hydrogens is 535 g/mol. The maximum atomic E-state index is 13.4. The molecule has 2 aliphatic rings. The van der Waals surface area contributed by atoms with Crippen LogP contribution in [0.3, 0.4) is 0 Å². The monoisotopic (exact) mass is 578 g/mol. The molecule has 5 atom stereocenters. The summed E-state index contributed by atoms with van der Waals surface area (Å²) >= 11 is 0. The number of nitrogens with one attached hydrogen (secondary N) is 3. The lowest BCUT2D eigenvalue weighted by atomic mass is 9.78. The van der Waals surface area contributed by atoms with E-state index in [0.29, 0.717) is 36.8 Å². The number of amides is 3. The number of carbonyl (C=O) groups excluding carboxylic acids is 3. The summed E-state index contributed by atoms with van der Waals surface area (Å²) in [5.74, 6) is -1.15. The highest BCUT2D eigenvalue weighted by atomic mass is 16.5. The van der Waals surface area contributed by atoms with Gasteiger partial charge in [-0.25, -0.2) is 0 Å². The Labute approximate surface area is 247 Å². The van der Waals surface area contributed by atoms with Crippen molar-refractivity contribution in [2.75, 3.05) is 5.32 Å². The fraction of sp³-hybridized carbons (Fsp3) is 0.500. The summed E-state index contributed by atoms with van der Waals surface area (Å²) in [5, 5.41) is 18.9. The fourth-order valence-electron chi connectivity index (χ4n) is 5.78. The van der Waals surface area contributed by atoms with E-state index in [1.807, 2.05) is 50.2 Å². The minimum Gasteiger partial charge on any atom is -0.423 e. The van der Waals surface area contributed by atoms with E-state index in [9.17, 15) is 19.4 Å². The van der Waals surface area contributed by atoms with E-state index < -0.39 is 36.6 Å². The zero-order chi connectivity index (χ0) is 30.4. The molecule has 12 heteroatoms. The summed E-state index contributed by atoms with van der Waals surface area (Å²) in [7, 11) is -1.10. The second-order valence-electron chi connectivity index (χ2n) is 12.0. The fourth-order valence-corrected chi connectivity index (χ4v) is 5.78. The van der Waals surface area contributed by atoms with Gasteiger partial charge in [0.2, 0.25) is 17.7 Å². The van der Waals surface area contributed by atoms with Crippen LogP contribution in [0.2, 0.25) is 0 Å². The summed E-state index contributed by atoms with van der Waals surface area (Å²) < 4.78 is 5.62. The van der Waals surface area contributed by atoms with Crippen LogP contribution in [0.4, 0.5) is 5.69 Å². The molecule has 1 aliphatic heterocycles. The highest BCUT2D eigenvalue weighted by molar-refractivity contribution is 6.62. The minimum atomic E-state index is -1.10. The summed E-state index contributed by atoms with van der Waals surface area (Å²) in [5.41, 5.74) is 20.5. The average molecular weight is 579 g/mol. The standard InChI is InChI=1S/C30H43BN6O5/c1-30(2)23-10-9-21(17-24(23)31(41)42-30)36-29(40)26(12-8-18-6-4-3-5-7-18)37-28(39)25(34)11-13-27(38)35-22-15-19(32)14-20(33)16-22/h3-7,9-10,17,19-20,22,25-26,41H,8,11-16,32-34H2,1-2H3,(H,35,38)(H,36,40)(H,37,39)/t19-,20+,22?,25-,26+/m0/s1. The molecule has 226 valence electrons. The van der Waals surface area contributed by atoms with Crippen molar-refractivity contribution >= 4 is 36.0 Å². The molecule has 2 aromatic rings. The Balaban J connectivity index is 1.36. The van der Waals surface area contributed by atoms with E-state index >= 15 is 0 Å². The van der Waals surface area contributed by atoms with Crippen molar-refractivity contribution in [3.63, 3.8) is 0 Å². The smallest absolute Gasteiger partial charge is 0.423 e. The Morgan fingerprint density at radius 1 is 1.02 bits per heavy atom. The van der Waals surface area contributed by atoms with Crippen LogP contribution in [0.1, 0.15) is 63.5 Å². The van der Waals surface area contributed by atoms with Gasteiger partial charge in [0.1, 0.15) is 6.04 Å². The Morgan fingerprint density at radius 2 is 1.71 bits per heavy atom. The van der Waals surface area contributed by atoms with Gasteiger partial charge in [-0.15, -0.1) is 0 Å². The van der Waals surface area contributed by atoms with Crippen LogP contribution >= 0.6 is 0 Å². The minimum absolute atomic E-state index is 0.0481. The average Bonchev–Trinajstić information content (AvgIpc) is 3.16. The van der Waals surface area contributed by atoms with Crippen LogP contribution in [0.25, 0.3) is 0 Å². The molecule has 11 nitrogen and oxygen atoms in total. The zero-order valence-electron chi connectivity index (χ0n) is 24.3. The number of fused-ring (bicyclic) bond motifs is 1. The number of anilines is 1. The van der Waals surface area contributed by atoms with Gasteiger partial charge in [-0.3, -0.25) is 14.4 Å². The lowest BCUT2D eigenvalue weighted by Crippen LogP contribution is -2.51. The van der Waals surface area contributed by atoms with Crippen LogP contribution in [-0.4, -0.2) is 60.1 Å². The third-order valence-electron chi connectivity index (χ3n) is 8.00. The number of hydrogen-bond acceptors (Lipinski definition) is 8. The van der Waals surface area contributed by atoms with E-state index in [1.165, 1.54) is 0 Å². The lowest BCUT2D eigenvalue weighted by Gasteiger charge is -2.31. The van der Waals surface area contributed by atoms with Crippen molar-refractivity contribution in [1.82, 2.24) is 10.6 Å². The molecule has 1 heterocycles. The Hall–Kier alpha value is -3.29. The van der Waals surface area contributed by atoms with Crippen LogP contribution < -0.4 is 38.6 Å². The highest BCUT2D eigenvalue weighted by Crippen LogP contribution is 2.30. The van der Waals surface area contributed by atoms with Crippen LogP contribution in [0.5, 0.6) is 0 Å². The number of benzene rings is 2. The van der Waals surface area contributed by atoms with E-state index in [0.717, 1.165) is 17.5 Å². The van der Waals surface area contributed by atoms with Gasteiger partial charge in [-0.1, -0.05) is 36.4 Å². The van der Waals surface area contributed by atoms with Crippen molar-refractivity contribution in [3.05, 3.63) is 59.7 Å². The highest BCUT2D eigenvalue weighted by Gasteiger charge is 2.40. The van der Waals surface area contributed by atoms with Crippen molar-refractivity contribution in [3.8, 4) is 0 Å². The molecule has 0 aromatic heterocycles. The normalized spacial score (nSPS) is 22.5. The van der Waals surface area contributed by atoms with Gasteiger partial charge in [0.25, 0.3) is 0 Å². The summed E-state index contributed by atoms with van der Waals surface area (Å²) in [6.07, 6.45) is 3.13. The quantitative estimate of drug-likeness (QED) is 0.183. The maximum Gasteiger partial charge on any atom is 0.492 e. The molecule has 0 radical (unpaired) electrons. The van der Waals surface area contributed by atoms with Gasteiger partial charge in [0.05, 0.1) is 11.6 Å². The molecule has 42 heavy (non-hydrogen) atoms. The van der Waals surface area contributed by atoms with Crippen LogP contribution in [0, 0.1) is 0 Å². The van der Waals surface area contributed by atoms with Gasteiger partial charge < -0.3 is 42.8 Å². The second-order valence-corrected chi connectivity index (χ2v) is 12.0. The number of rotatable bonds is 11. The molecule has 0 bridgehead atoms. The molecule has 10 N–H and O–H groups in total. The second kappa shape index (κ2) is 13.8. The predicted molar refractivity (Wildman–Crippen MR) is 162 cm³/mol. The Morgan fingerprint density at radius 3 is 2.40 bits per heavy atom. The first-order valence-electron chi connectivity index (χ1n) is 14.6. The van der Waals surface area contributed by atoms with Crippen LogP contribution in [-0.2, 0) is 31.1 Å².